The Hall–Kier alpha value is -2.54. The number of carboxylic acid groups (broad SMARTS) is 1. The van der Waals surface area contributed by atoms with Crippen LogP contribution in [0.1, 0.15) is 35.6 Å². The monoisotopic (exact) mass is 387 g/mol. The van der Waals surface area contributed by atoms with E-state index >= 15 is 0 Å². The van der Waals surface area contributed by atoms with Gasteiger partial charge in [-0.3, -0.25) is 0 Å². The quantitative estimate of drug-likeness (QED) is 0.748. The highest BCUT2D eigenvalue weighted by Gasteiger charge is 2.30. The summed E-state index contributed by atoms with van der Waals surface area (Å²) in [6, 6.07) is 7.90. The van der Waals surface area contributed by atoms with Crippen molar-refractivity contribution in [3.63, 3.8) is 0 Å². The van der Waals surface area contributed by atoms with Gasteiger partial charge in [0.1, 0.15) is 5.82 Å². The fourth-order valence-electron chi connectivity index (χ4n) is 4.17. The van der Waals surface area contributed by atoms with Crippen molar-refractivity contribution in [3.8, 4) is 0 Å². The lowest BCUT2D eigenvalue weighted by Crippen LogP contribution is -2.36. The number of fused-ring (bicyclic) bond motifs is 1. The number of nitrogens with zero attached hydrogens (tertiary/aromatic N) is 3. The van der Waals surface area contributed by atoms with E-state index < -0.39 is 6.09 Å². The molecule has 2 aromatic rings. The predicted molar refractivity (Wildman–Crippen MR) is 104 cm³/mol. The van der Waals surface area contributed by atoms with E-state index in [0.717, 1.165) is 54.3 Å². The van der Waals surface area contributed by atoms with E-state index in [1.165, 1.54) is 5.56 Å². The topological polar surface area (TPSA) is 104 Å². The molecule has 4 N–H and O–H groups in total. The van der Waals surface area contributed by atoms with Crippen molar-refractivity contribution in [2.45, 2.75) is 37.6 Å². The lowest BCUT2D eigenvalue weighted by atomic mass is 9.82. The van der Waals surface area contributed by atoms with Crippen LogP contribution >= 0.6 is 11.6 Å². The van der Waals surface area contributed by atoms with Crippen molar-refractivity contribution in [3.05, 3.63) is 46.1 Å². The molecule has 142 valence electrons. The van der Waals surface area contributed by atoms with Gasteiger partial charge in [0.2, 0.25) is 5.95 Å². The second-order valence-electron chi connectivity index (χ2n) is 7.21. The molecule has 27 heavy (non-hydrogen) atoms. The Kier molecular flexibility index (Phi) is 4.78. The van der Waals surface area contributed by atoms with E-state index in [1.807, 2.05) is 18.2 Å². The largest absolute Gasteiger partial charge is 0.465 e. The Bertz CT molecular complexity index is 875. The van der Waals surface area contributed by atoms with Crippen LogP contribution in [-0.4, -0.2) is 40.3 Å². The number of rotatable bonds is 3. The minimum atomic E-state index is -0.990. The van der Waals surface area contributed by atoms with Crippen LogP contribution < -0.4 is 16.0 Å². The van der Waals surface area contributed by atoms with Crippen LogP contribution in [0, 0.1) is 0 Å². The van der Waals surface area contributed by atoms with Crippen molar-refractivity contribution in [2.75, 3.05) is 23.7 Å². The molecule has 0 bridgehead atoms. The summed E-state index contributed by atoms with van der Waals surface area (Å²) in [6.07, 6.45) is 2.44. The van der Waals surface area contributed by atoms with Crippen LogP contribution in [-0.2, 0) is 12.8 Å². The van der Waals surface area contributed by atoms with Gasteiger partial charge in [0, 0.05) is 23.7 Å². The Morgan fingerprint density at radius 1 is 1.33 bits per heavy atom. The third kappa shape index (κ3) is 3.78. The molecular formula is C19H22ClN5O2. The number of nitrogens with one attached hydrogen (secondary N) is 1. The maximum atomic E-state index is 10.9. The minimum absolute atomic E-state index is 0.0860. The molecule has 0 saturated carbocycles. The summed E-state index contributed by atoms with van der Waals surface area (Å²) < 4.78 is 0. The normalized spacial score (nSPS) is 21.7. The molecule has 2 unspecified atom stereocenters. The molecule has 1 amide bonds. The molecule has 1 aromatic carbocycles. The number of anilines is 2. The molecule has 1 fully saturated rings. The minimum Gasteiger partial charge on any atom is -0.465 e. The Labute approximate surface area is 162 Å². The molecule has 1 aliphatic carbocycles. The zero-order chi connectivity index (χ0) is 19.0. The average molecular weight is 388 g/mol. The summed E-state index contributed by atoms with van der Waals surface area (Å²) in [5.74, 6) is 1.49. The van der Waals surface area contributed by atoms with Crippen LogP contribution in [0.2, 0.25) is 5.02 Å². The van der Waals surface area contributed by atoms with Gasteiger partial charge in [-0.25, -0.2) is 9.78 Å². The molecule has 0 spiro atoms. The number of nitrogen functional groups attached to an aromatic ring is 1. The summed E-state index contributed by atoms with van der Waals surface area (Å²) in [5, 5.41) is 12.2. The summed E-state index contributed by atoms with van der Waals surface area (Å²) >= 11 is 6.15. The van der Waals surface area contributed by atoms with Crippen molar-refractivity contribution >= 4 is 29.5 Å². The Balaban J connectivity index is 1.58. The summed E-state index contributed by atoms with van der Waals surface area (Å²) in [5.41, 5.74) is 9.34. The van der Waals surface area contributed by atoms with E-state index in [9.17, 15) is 4.79 Å². The van der Waals surface area contributed by atoms with Gasteiger partial charge in [-0.2, -0.15) is 4.98 Å². The van der Waals surface area contributed by atoms with Crippen molar-refractivity contribution in [2.24, 2.45) is 0 Å². The van der Waals surface area contributed by atoms with Gasteiger partial charge in [-0.1, -0.05) is 23.7 Å². The third-order valence-corrected chi connectivity index (χ3v) is 5.64. The molecule has 7 nitrogen and oxygen atoms in total. The van der Waals surface area contributed by atoms with Gasteiger partial charge in [0.05, 0.1) is 11.7 Å². The Morgan fingerprint density at radius 2 is 2.19 bits per heavy atom. The van der Waals surface area contributed by atoms with Crippen molar-refractivity contribution < 1.29 is 9.90 Å². The van der Waals surface area contributed by atoms with E-state index in [1.54, 1.807) is 0 Å². The number of aromatic nitrogens is 2. The second kappa shape index (κ2) is 7.23. The number of amides is 1. The standard InChI is InChI=1S/C19H22ClN5O2/c20-13-3-1-2-11(8-13)12-4-5-15-16(9-12)23-18(21)24-17(15)25-7-6-14(10-25)22-19(26)27/h1-3,8,12,14,22H,4-7,9-10H2,(H,26,27)(H2,21,23,24). The number of hydrogen-bond donors (Lipinski definition) is 3. The second-order valence-corrected chi connectivity index (χ2v) is 7.64. The molecule has 8 heteroatoms. The van der Waals surface area contributed by atoms with Crippen LogP contribution in [0.15, 0.2) is 24.3 Å². The highest BCUT2D eigenvalue weighted by atomic mass is 35.5. The van der Waals surface area contributed by atoms with Crippen LogP contribution in [0.25, 0.3) is 0 Å². The van der Waals surface area contributed by atoms with Crippen LogP contribution in [0.4, 0.5) is 16.6 Å². The van der Waals surface area contributed by atoms with Gasteiger partial charge < -0.3 is 21.1 Å². The van der Waals surface area contributed by atoms with E-state index in [0.29, 0.717) is 12.5 Å². The van der Waals surface area contributed by atoms with E-state index in [2.05, 4.69) is 26.3 Å². The molecule has 2 aliphatic rings. The third-order valence-electron chi connectivity index (χ3n) is 5.41. The first-order valence-corrected chi connectivity index (χ1v) is 9.52. The summed E-state index contributed by atoms with van der Waals surface area (Å²) in [6.45, 7) is 1.36. The number of halogens is 1. The van der Waals surface area contributed by atoms with Crippen molar-refractivity contribution in [1.82, 2.24) is 15.3 Å². The van der Waals surface area contributed by atoms with Gasteiger partial charge in [0.15, 0.2) is 0 Å². The lowest BCUT2D eigenvalue weighted by Gasteiger charge is -2.29. The zero-order valence-electron chi connectivity index (χ0n) is 14.9. The van der Waals surface area contributed by atoms with E-state index in [4.69, 9.17) is 22.4 Å². The smallest absolute Gasteiger partial charge is 0.404 e. The molecule has 0 radical (unpaired) electrons. The lowest BCUT2D eigenvalue weighted by molar-refractivity contribution is 0.191. The molecule has 1 aliphatic heterocycles. The fourth-order valence-corrected chi connectivity index (χ4v) is 4.37. The summed E-state index contributed by atoms with van der Waals surface area (Å²) in [7, 11) is 0. The molecule has 2 heterocycles. The average Bonchev–Trinajstić information content (AvgIpc) is 3.08. The number of hydrogen-bond acceptors (Lipinski definition) is 5. The van der Waals surface area contributed by atoms with Gasteiger partial charge in [-0.05, 0) is 49.3 Å². The first-order valence-electron chi connectivity index (χ1n) is 9.14. The number of nitrogens with two attached hydrogens (primary N) is 1. The number of benzene rings is 1. The number of carbonyl (C=O) groups is 1. The predicted octanol–water partition coefficient (Wildman–Crippen LogP) is 2.83. The fraction of sp³-hybridized carbons (Fsp3) is 0.421. The first kappa shape index (κ1) is 17.9. The first-order chi connectivity index (χ1) is 13.0. The SMILES string of the molecule is Nc1nc2c(c(N3CCC(NC(=O)O)C3)n1)CCC(c1cccc(Cl)c1)C2. The van der Waals surface area contributed by atoms with Crippen LogP contribution in [0.3, 0.4) is 0 Å². The van der Waals surface area contributed by atoms with Gasteiger partial charge in [-0.15, -0.1) is 0 Å². The maximum Gasteiger partial charge on any atom is 0.404 e. The molecule has 1 aromatic heterocycles. The molecular weight excluding hydrogens is 366 g/mol. The van der Waals surface area contributed by atoms with Gasteiger partial charge in [0.25, 0.3) is 0 Å². The highest BCUT2D eigenvalue weighted by Crippen LogP contribution is 2.37. The molecule has 2 atom stereocenters. The molecule has 1 saturated heterocycles. The zero-order valence-corrected chi connectivity index (χ0v) is 15.6. The van der Waals surface area contributed by atoms with Crippen molar-refractivity contribution in [1.29, 1.82) is 0 Å². The van der Waals surface area contributed by atoms with E-state index in [-0.39, 0.29) is 12.0 Å². The highest BCUT2D eigenvalue weighted by molar-refractivity contribution is 6.30. The van der Waals surface area contributed by atoms with Gasteiger partial charge >= 0.3 is 6.09 Å². The van der Waals surface area contributed by atoms with Crippen LogP contribution in [0.5, 0.6) is 0 Å². The Morgan fingerprint density at radius 3 is 2.96 bits per heavy atom. The summed E-state index contributed by atoms with van der Waals surface area (Å²) in [4.78, 5) is 22.0. The maximum absolute atomic E-state index is 10.9. The molecule has 4 rings (SSSR count).